The van der Waals surface area contributed by atoms with Gasteiger partial charge in [0.05, 0.1) is 12.2 Å². The van der Waals surface area contributed by atoms with Gasteiger partial charge in [0.15, 0.2) is 0 Å². The molecule has 0 aromatic carbocycles. The quantitative estimate of drug-likeness (QED) is 0.414. The minimum Gasteiger partial charge on any atom is -0.369 e. The van der Waals surface area contributed by atoms with E-state index < -0.39 is 0 Å². The van der Waals surface area contributed by atoms with Crippen molar-refractivity contribution in [3.63, 3.8) is 0 Å². The Hall–Kier alpha value is -0.0400. The van der Waals surface area contributed by atoms with Crippen LogP contribution in [0.4, 0.5) is 0 Å². The van der Waals surface area contributed by atoms with Gasteiger partial charge in [-0.2, -0.15) is 0 Å². The van der Waals surface area contributed by atoms with Crippen molar-refractivity contribution in [3.8, 4) is 0 Å². The Morgan fingerprint density at radius 3 is 2.43 bits per heavy atom. The van der Waals surface area contributed by atoms with Crippen LogP contribution < -0.4 is 0 Å². The molecule has 2 fully saturated rings. The molecule has 7 heavy (non-hydrogen) atoms. The molecule has 1 saturated heterocycles. The smallest absolute Gasteiger partial charge is 0.0867 e. The van der Waals surface area contributed by atoms with E-state index in [0.717, 1.165) is 5.92 Å². The molecule has 1 saturated carbocycles. The summed E-state index contributed by atoms with van der Waals surface area (Å²) in [7, 11) is 0. The molecule has 0 aromatic heterocycles. The van der Waals surface area contributed by atoms with E-state index in [0.29, 0.717) is 12.2 Å². The Kier molecular flexibility index (Phi) is 0.571. The Bertz CT molecular complexity index is 90.2. The second-order valence-electron chi connectivity index (χ2n) is 2.69. The van der Waals surface area contributed by atoms with Crippen molar-refractivity contribution in [3.05, 3.63) is 0 Å². The van der Waals surface area contributed by atoms with Crippen molar-refractivity contribution in [2.24, 2.45) is 5.92 Å². The third-order valence-electron chi connectivity index (χ3n) is 2.09. The summed E-state index contributed by atoms with van der Waals surface area (Å²) < 4.78 is 5.27. The summed E-state index contributed by atoms with van der Waals surface area (Å²) in [6, 6.07) is 0. The Morgan fingerprint density at radius 2 is 2.29 bits per heavy atom. The van der Waals surface area contributed by atoms with Gasteiger partial charge in [-0.15, -0.1) is 0 Å². The van der Waals surface area contributed by atoms with Crippen LogP contribution in [0.5, 0.6) is 0 Å². The maximum Gasteiger partial charge on any atom is 0.0867 e. The highest BCUT2D eigenvalue weighted by atomic mass is 16.6. The van der Waals surface area contributed by atoms with Crippen molar-refractivity contribution in [1.82, 2.24) is 0 Å². The van der Waals surface area contributed by atoms with Gasteiger partial charge in [0.1, 0.15) is 0 Å². The van der Waals surface area contributed by atoms with E-state index in [1.165, 1.54) is 12.8 Å². The van der Waals surface area contributed by atoms with E-state index in [1.807, 2.05) is 0 Å². The SMILES string of the molecule is C[C@@H]1CC[C@@H]2OC12. The summed E-state index contributed by atoms with van der Waals surface area (Å²) in [6.45, 7) is 2.28. The normalized spacial score (nSPS) is 57.0. The van der Waals surface area contributed by atoms with Gasteiger partial charge in [-0.1, -0.05) is 6.92 Å². The van der Waals surface area contributed by atoms with Gasteiger partial charge in [0.25, 0.3) is 0 Å². The predicted molar refractivity (Wildman–Crippen MR) is 27.1 cm³/mol. The lowest BCUT2D eigenvalue weighted by molar-refractivity contribution is 0.276. The van der Waals surface area contributed by atoms with E-state index in [2.05, 4.69) is 6.92 Å². The van der Waals surface area contributed by atoms with Crippen molar-refractivity contribution < 1.29 is 4.74 Å². The zero-order chi connectivity index (χ0) is 4.85. The third-order valence-corrected chi connectivity index (χ3v) is 2.09. The number of epoxide rings is 1. The number of rotatable bonds is 0. The molecule has 2 rings (SSSR count). The number of hydrogen-bond acceptors (Lipinski definition) is 1. The number of fused-ring (bicyclic) bond motifs is 1. The molecular formula is C6H10O. The molecule has 0 radical (unpaired) electrons. The van der Waals surface area contributed by atoms with Gasteiger partial charge in [-0.05, 0) is 18.8 Å². The lowest BCUT2D eigenvalue weighted by Gasteiger charge is -1.97. The molecule has 0 bridgehead atoms. The van der Waals surface area contributed by atoms with Gasteiger partial charge in [-0.25, -0.2) is 0 Å². The second kappa shape index (κ2) is 1.03. The number of ether oxygens (including phenoxy) is 1. The molecule has 0 aromatic rings. The largest absolute Gasteiger partial charge is 0.369 e. The average molecular weight is 98.1 g/mol. The summed E-state index contributed by atoms with van der Waals surface area (Å²) in [6.07, 6.45) is 4.09. The molecule has 1 heteroatoms. The van der Waals surface area contributed by atoms with Crippen LogP contribution in [0.15, 0.2) is 0 Å². The van der Waals surface area contributed by atoms with Crippen LogP contribution in [0.1, 0.15) is 19.8 Å². The molecule has 40 valence electrons. The highest BCUT2D eigenvalue weighted by molar-refractivity contribution is 4.95. The summed E-state index contributed by atoms with van der Waals surface area (Å²) in [5.41, 5.74) is 0. The first-order valence-corrected chi connectivity index (χ1v) is 3.03. The molecule has 3 atom stereocenters. The fourth-order valence-electron chi connectivity index (χ4n) is 1.48. The van der Waals surface area contributed by atoms with Gasteiger partial charge in [0.2, 0.25) is 0 Å². The van der Waals surface area contributed by atoms with Gasteiger partial charge >= 0.3 is 0 Å². The van der Waals surface area contributed by atoms with E-state index in [1.54, 1.807) is 0 Å². The maximum atomic E-state index is 5.27. The first-order chi connectivity index (χ1) is 3.38. The van der Waals surface area contributed by atoms with Crippen LogP contribution in [-0.2, 0) is 4.74 Å². The average Bonchev–Trinajstić information content (AvgIpc) is 2.33. The molecule has 1 aliphatic heterocycles. The van der Waals surface area contributed by atoms with Crippen LogP contribution in [0.2, 0.25) is 0 Å². The van der Waals surface area contributed by atoms with Gasteiger partial charge < -0.3 is 4.74 Å². The molecule has 2 aliphatic rings. The molecule has 0 amide bonds. The van der Waals surface area contributed by atoms with Crippen molar-refractivity contribution >= 4 is 0 Å². The summed E-state index contributed by atoms with van der Waals surface area (Å²) in [5.74, 6) is 0.866. The zero-order valence-corrected chi connectivity index (χ0v) is 4.55. The molecule has 1 aliphatic carbocycles. The fraction of sp³-hybridized carbons (Fsp3) is 1.00. The first-order valence-electron chi connectivity index (χ1n) is 3.03. The topological polar surface area (TPSA) is 12.5 Å². The molecule has 0 N–H and O–H groups in total. The zero-order valence-electron chi connectivity index (χ0n) is 4.55. The first kappa shape index (κ1) is 3.90. The van der Waals surface area contributed by atoms with Crippen molar-refractivity contribution in [2.45, 2.75) is 32.0 Å². The second-order valence-corrected chi connectivity index (χ2v) is 2.69. The highest BCUT2D eigenvalue weighted by Gasteiger charge is 2.47. The lowest BCUT2D eigenvalue weighted by atomic mass is 10.1. The molecule has 1 unspecified atom stereocenters. The van der Waals surface area contributed by atoms with E-state index in [-0.39, 0.29) is 0 Å². The standard InChI is InChI=1S/C6H10O/c1-4-2-3-5-6(4)7-5/h4-6H,2-3H2,1H3/t4-,5+,6?/m1/s1. The van der Waals surface area contributed by atoms with Crippen molar-refractivity contribution in [2.75, 3.05) is 0 Å². The minimum absolute atomic E-state index is 0.681. The molecule has 0 spiro atoms. The monoisotopic (exact) mass is 98.1 g/mol. The van der Waals surface area contributed by atoms with Gasteiger partial charge in [0, 0.05) is 0 Å². The van der Waals surface area contributed by atoms with Crippen LogP contribution in [0.25, 0.3) is 0 Å². The third kappa shape index (κ3) is 0.418. The summed E-state index contributed by atoms with van der Waals surface area (Å²) in [4.78, 5) is 0. The molecular weight excluding hydrogens is 88.1 g/mol. The van der Waals surface area contributed by atoms with Crippen molar-refractivity contribution in [1.29, 1.82) is 0 Å². The van der Waals surface area contributed by atoms with E-state index in [4.69, 9.17) is 4.74 Å². The summed E-state index contributed by atoms with van der Waals surface area (Å²) in [5, 5.41) is 0. The van der Waals surface area contributed by atoms with Crippen LogP contribution in [0, 0.1) is 5.92 Å². The van der Waals surface area contributed by atoms with Gasteiger partial charge in [-0.3, -0.25) is 0 Å². The number of hydrogen-bond donors (Lipinski definition) is 0. The minimum atomic E-state index is 0.681. The Labute approximate surface area is 43.7 Å². The summed E-state index contributed by atoms with van der Waals surface area (Å²) >= 11 is 0. The molecule has 1 heterocycles. The molecule has 1 nitrogen and oxygen atoms in total. The lowest BCUT2D eigenvalue weighted by Crippen LogP contribution is -1.95. The Balaban J connectivity index is 2.08. The van der Waals surface area contributed by atoms with E-state index in [9.17, 15) is 0 Å². The predicted octanol–water partition coefficient (Wildman–Crippen LogP) is 1.18. The maximum absolute atomic E-state index is 5.27. The Morgan fingerprint density at radius 1 is 1.43 bits per heavy atom. The highest BCUT2D eigenvalue weighted by Crippen LogP contribution is 2.42. The van der Waals surface area contributed by atoms with Crippen LogP contribution in [0.3, 0.4) is 0 Å². The van der Waals surface area contributed by atoms with Crippen LogP contribution >= 0.6 is 0 Å². The fourth-order valence-corrected chi connectivity index (χ4v) is 1.48. The van der Waals surface area contributed by atoms with Crippen LogP contribution in [-0.4, -0.2) is 12.2 Å². The van der Waals surface area contributed by atoms with E-state index >= 15 is 0 Å².